The third-order valence-corrected chi connectivity index (χ3v) is 3.76. The predicted molar refractivity (Wildman–Crippen MR) is 75.1 cm³/mol. The molecule has 4 heteroatoms. The topological polar surface area (TPSA) is 52.6 Å². The van der Waals surface area contributed by atoms with Crippen molar-refractivity contribution in [3.8, 4) is 5.75 Å². The zero-order chi connectivity index (χ0) is 14.0. The molecule has 2 rings (SSSR count). The van der Waals surface area contributed by atoms with Crippen molar-refractivity contribution < 1.29 is 9.90 Å². The molecule has 0 aliphatic carbocycles. The minimum atomic E-state index is 0.0755. The van der Waals surface area contributed by atoms with Gasteiger partial charge < -0.3 is 15.3 Å². The summed E-state index contributed by atoms with van der Waals surface area (Å²) >= 11 is 0. The third-order valence-electron chi connectivity index (χ3n) is 3.76. The number of carbonyl (C=O) groups is 1. The predicted octanol–water partition coefficient (Wildman–Crippen LogP) is 1.97. The van der Waals surface area contributed by atoms with Crippen LogP contribution in [0.3, 0.4) is 0 Å². The lowest BCUT2D eigenvalue weighted by Gasteiger charge is -2.32. The van der Waals surface area contributed by atoms with E-state index < -0.39 is 0 Å². The minimum Gasteiger partial charge on any atom is -0.508 e. The molecule has 1 saturated heterocycles. The molecule has 1 aliphatic heterocycles. The molecular weight excluding hydrogens is 240 g/mol. The molecule has 2 N–H and O–H groups in total. The maximum atomic E-state index is 11.5. The summed E-state index contributed by atoms with van der Waals surface area (Å²) in [5.41, 5.74) is 2.05. The maximum Gasteiger partial charge on any atom is 0.222 e. The number of piperidine rings is 1. The molecule has 1 fully saturated rings. The number of hydrogen-bond donors (Lipinski definition) is 2. The average Bonchev–Trinajstić information content (AvgIpc) is 2.36. The van der Waals surface area contributed by atoms with Gasteiger partial charge in [0.2, 0.25) is 5.91 Å². The van der Waals surface area contributed by atoms with Crippen LogP contribution in [0.15, 0.2) is 18.2 Å². The maximum absolute atomic E-state index is 11.5. The lowest BCUT2D eigenvalue weighted by molar-refractivity contribution is -0.132. The van der Waals surface area contributed by atoms with E-state index in [2.05, 4.69) is 5.32 Å². The number of carbonyl (C=O) groups excluding carboxylic acids is 1. The monoisotopic (exact) mass is 262 g/mol. The largest absolute Gasteiger partial charge is 0.508 e. The Labute approximate surface area is 114 Å². The average molecular weight is 262 g/mol. The van der Waals surface area contributed by atoms with Gasteiger partial charge in [0.05, 0.1) is 0 Å². The van der Waals surface area contributed by atoms with Crippen LogP contribution in [0.1, 0.15) is 36.9 Å². The fraction of sp³-hybridized carbons (Fsp3) is 0.533. The number of nitrogens with zero attached hydrogens (tertiary/aromatic N) is 1. The van der Waals surface area contributed by atoms with Gasteiger partial charge in [0, 0.05) is 37.7 Å². The summed E-state index contributed by atoms with van der Waals surface area (Å²) in [6, 6.07) is 6.01. The van der Waals surface area contributed by atoms with Gasteiger partial charge >= 0.3 is 0 Å². The van der Waals surface area contributed by atoms with Crippen LogP contribution in [0.2, 0.25) is 0 Å². The molecule has 1 amide bonds. The van der Waals surface area contributed by atoms with Crippen LogP contribution in [0.4, 0.5) is 0 Å². The highest BCUT2D eigenvalue weighted by atomic mass is 16.3. The summed E-state index contributed by atoms with van der Waals surface area (Å²) in [5.74, 6) is 0.537. The molecular formula is C15H22N2O2. The van der Waals surface area contributed by atoms with Crippen molar-refractivity contribution in [2.75, 3.05) is 13.6 Å². The van der Waals surface area contributed by atoms with Crippen molar-refractivity contribution in [3.05, 3.63) is 29.3 Å². The quantitative estimate of drug-likeness (QED) is 0.875. The number of rotatable bonds is 3. The summed E-state index contributed by atoms with van der Waals surface area (Å²) in [6.45, 7) is 4.80. The Hall–Kier alpha value is -1.55. The molecule has 1 aromatic rings. The van der Waals surface area contributed by atoms with Gasteiger partial charge in [-0.2, -0.15) is 0 Å². The number of likely N-dealkylation sites (tertiary alicyclic amines) is 1. The summed E-state index contributed by atoms with van der Waals surface area (Å²) in [4.78, 5) is 13.2. The number of phenols is 1. The second kappa shape index (κ2) is 5.61. The molecule has 1 aliphatic rings. The van der Waals surface area contributed by atoms with Crippen LogP contribution in [0.25, 0.3) is 0 Å². The van der Waals surface area contributed by atoms with Gasteiger partial charge in [-0.3, -0.25) is 4.79 Å². The zero-order valence-electron chi connectivity index (χ0n) is 11.8. The normalized spacial score (nSPS) is 21.5. The van der Waals surface area contributed by atoms with E-state index in [9.17, 15) is 9.90 Å². The van der Waals surface area contributed by atoms with Gasteiger partial charge in [-0.05, 0) is 26.3 Å². The van der Waals surface area contributed by atoms with Crippen LogP contribution in [-0.2, 0) is 4.79 Å². The number of likely N-dealkylation sites (N-methyl/N-ethyl adjacent to an activating group) is 1. The second-order valence-electron chi connectivity index (χ2n) is 5.46. The number of benzene rings is 1. The number of phenolic OH excluding ortho intramolecular Hbond substituents is 1. The van der Waals surface area contributed by atoms with Crippen molar-refractivity contribution in [1.82, 2.24) is 10.2 Å². The van der Waals surface area contributed by atoms with E-state index in [1.54, 1.807) is 11.0 Å². The molecule has 19 heavy (non-hydrogen) atoms. The van der Waals surface area contributed by atoms with Gasteiger partial charge in [0.1, 0.15) is 5.75 Å². The van der Waals surface area contributed by atoms with Gasteiger partial charge in [-0.15, -0.1) is 0 Å². The molecule has 1 aromatic carbocycles. The first kappa shape index (κ1) is 13.9. The molecule has 0 radical (unpaired) electrons. The fourth-order valence-electron chi connectivity index (χ4n) is 2.61. The molecule has 0 saturated carbocycles. The molecule has 1 heterocycles. The molecule has 0 spiro atoms. The van der Waals surface area contributed by atoms with Crippen molar-refractivity contribution in [2.45, 2.75) is 38.8 Å². The van der Waals surface area contributed by atoms with E-state index in [1.165, 1.54) is 0 Å². The Morgan fingerprint density at radius 1 is 1.47 bits per heavy atom. The lowest BCUT2D eigenvalue weighted by atomic mass is 10.0. The smallest absolute Gasteiger partial charge is 0.222 e. The van der Waals surface area contributed by atoms with E-state index >= 15 is 0 Å². The van der Waals surface area contributed by atoms with Crippen molar-refractivity contribution in [1.29, 1.82) is 0 Å². The van der Waals surface area contributed by atoms with E-state index in [4.69, 9.17) is 0 Å². The Morgan fingerprint density at radius 2 is 2.21 bits per heavy atom. The number of nitrogens with one attached hydrogen (secondary N) is 1. The first-order valence-corrected chi connectivity index (χ1v) is 6.77. The van der Waals surface area contributed by atoms with Crippen LogP contribution in [0, 0.1) is 6.92 Å². The van der Waals surface area contributed by atoms with Crippen molar-refractivity contribution in [2.24, 2.45) is 0 Å². The third kappa shape index (κ3) is 3.26. The molecule has 0 aromatic heterocycles. The van der Waals surface area contributed by atoms with Crippen LogP contribution < -0.4 is 5.32 Å². The highest BCUT2D eigenvalue weighted by Gasteiger charge is 2.24. The lowest BCUT2D eigenvalue weighted by Crippen LogP contribution is -2.47. The van der Waals surface area contributed by atoms with Gasteiger partial charge in [-0.25, -0.2) is 0 Å². The molecule has 2 atom stereocenters. The number of aromatic hydroxyl groups is 1. The minimum absolute atomic E-state index is 0.0755. The zero-order valence-corrected chi connectivity index (χ0v) is 11.8. The van der Waals surface area contributed by atoms with E-state index in [0.29, 0.717) is 12.2 Å². The van der Waals surface area contributed by atoms with E-state index in [0.717, 1.165) is 24.1 Å². The molecule has 2 unspecified atom stereocenters. The number of aryl methyl sites for hydroxylation is 1. The van der Waals surface area contributed by atoms with Gasteiger partial charge in [-0.1, -0.05) is 17.7 Å². The van der Waals surface area contributed by atoms with Crippen LogP contribution >= 0.6 is 0 Å². The van der Waals surface area contributed by atoms with Gasteiger partial charge in [0.25, 0.3) is 0 Å². The van der Waals surface area contributed by atoms with Crippen molar-refractivity contribution in [3.63, 3.8) is 0 Å². The van der Waals surface area contributed by atoms with E-state index in [1.807, 2.05) is 33.0 Å². The molecule has 4 nitrogen and oxygen atoms in total. The number of hydrogen-bond acceptors (Lipinski definition) is 3. The molecule has 104 valence electrons. The van der Waals surface area contributed by atoms with Crippen molar-refractivity contribution >= 4 is 5.91 Å². The second-order valence-corrected chi connectivity index (χ2v) is 5.46. The standard InChI is InChI=1S/C15H22N2O2/c1-10-4-6-14(18)13(8-10)11(2)16-12-5-7-15(19)17(3)9-12/h4,6,8,11-12,16,18H,5,7,9H2,1-3H3. The van der Waals surface area contributed by atoms with Crippen LogP contribution in [0.5, 0.6) is 5.75 Å². The Kier molecular flexibility index (Phi) is 4.10. The van der Waals surface area contributed by atoms with Gasteiger partial charge in [0.15, 0.2) is 0 Å². The highest BCUT2D eigenvalue weighted by Crippen LogP contribution is 2.26. The summed E-state index contributed by atoms with van der Waals surface area (Å²) in [7, 11) is 1.84. The Bertz CT molecular complexity index is 473. The first-order valence-electron chi connectivity index (χ1n) is 6.77. The summed E-state index contributed by atoms with van der Waals surface area (Å²) in [6.07, 6.45) is 1.46. The summed E-state index contributed by atoms with van der Waals surface area (Å²) in [5, 5.41) is 13.4. The van der Waals surface area contributed by atoms with Crippen LogP contribution in [-0.4, -0.2) is 35.5 Å². The highest BCUT2D eigenvalue weighted by molar-refractivity contribution is 5.76. The SMILES string of the molecule is Cc1ccc(O)c(C(C)NC2CCC(=O)N(C)C2)c1. The Balaban J connectivity index is 2.03. The number of amides is 1. The van der Waals surface area contributed by atoms with E-state index in [-0.39, 0.29) is 18.0 Å². The Morgan fingerprint density at radius 3 is 2.89 bits per heavy atom. The molecule has 0 bridgehead atoms. The first-order chi connectivity index (χ1) is 8.97. The summed E-state index contributed by atoms with van der Waals surface area (Å²) < 4.78 is 0. The fourth-order valence-corrected chi connectivity index (χ4v) is 2.61.